The Kier molecular flexibility index (Phi) is 6.96. The van der Waals surface area contributed by atoms with Gasteiger partial charge in [0.25, 0.3) is 6.01 Å². The number of rotatable bonds is 9. The van der Waals surface area contributed by atoms with Crippen molar-refractivity contribution in [2.24, 2.45) is 0 Å². The van der Waals surface area contributed by atoms with E-state index in [1.165, 1.54) is 6.92 Å². The second kappa shape index (κ2) is 10.7. The first kappa shape index (κ1) is 25.5. The fourth-order valence-electron chi connectivity index (χ4n) is 4.36. The van der Waals surface area contributed by atoms with E-state index >= 15 is 0 Å². The summed E-state index contributed by atoms with van der Waals surface area (Å²) in [5.41, 5.74) is 4.30. The molecule has 2 aromatic heterocycles. The van der Waals surface area contributed by atoms with Crippen molar-refractivity contribution < 1.29 is 28.7 Å². The summed E-state index contributed by atoms with van der Waals surface area (Å²) < 4.78 is 18.5. The lowest BCUT2D eigenvalue weighted by Crippen LogP contribution is -2.18. The molecule has 11 heteroatoms. The summed E-state index contributed by atoms with van der Waals surface area (Å²) in [6, 6.07) is 20.3. The van der Waals surface area contributed by atoms with Crippen molar-refractivity contribution in [1.29, 1.82) is 0 Å². The molecule has 2 heterocycles. The smallest absolute Gasteiger partial charge is 0.444 e. The molecule has 0 radical (unpaired) electrons. The number of ether oxygens (including phenoxy) is 2. The Hall–Kier alpha value is -5.19. The van der Waals surface area contributed by atoms with Gasteiger partial charge in [-0.3, -0.25) is 13.9 Å². The number of hydrogen-bond acceptors (Lipinski definition) is 8. The molecule has 5 aromatic rings. The Balaban J connectivity index is 1.50. The van der Waals surface area contributed by atoms with Crippen LogP contribution in [0.2, 0.25) is 0 Å². The largest absolute Gasteiger partial charge is 0.478 e. The number of fused-ring (bicyclic) bond motifs is 1. The van der Waals surface area contributed by atoms with Gasteiger partial charge in [0, 0.05) is 12.5 Å². The second-order valence-electron chi connectivity index (χ2n) is 8.60. The molecular weight excluding hydrogens is 504 g/mol. The number of carbonyl (C=O) groups excluding carboxylic acids is 1. The minimum atomic E-state index is -1.04. The fourth-order valence-corrected chi connectivity index (χ4v) is 4.36. The molecule has 198 valence electrons. The quantitative estimate of drug-likeness (QED) is 0.279. The van der Waals surface area contributed by atoms with E-state index in [4.69, 9.17) is 14.0 Å². The molecule has 39 heavy (non-hydrogen) atoms. The van der Waals surface area contributed by atoms with Crippen LogP contribution in [0.25, 0.3) is 33.5 Å². The maximum Gasteiger partial charge on any atom is 0.444 e. The van der Waals surface area contributed by atoms with Crippen molar-refractivity contribution >= 4 is 23.0 Å². The van der Waals surface area contributed by atoms with Gasteiger partial charge in [-0.2, -0.15) is 4.98 Å². The van der Waals surface area contributed by atoms with E-state index in [0.717, 1.165) is 21.3 Å². The number of benzene rings is 3. The number of carboxylic acids is 1. The summed E-state index contributed by atoms with van der Waals surface area (Å²) in [5, 5.41) is 13.6. The molecule has 0 saturated heterocycles. The molecule has 3 aromatic carbocycles. The topological polar surface area (TPSA) is 139 Å². The van der Waals surface area contributed by atoms with Gasteiger partial charge in [0.05, 0.1) is 29.7 Å². The van der Waals surface area contributed by atoms with Crippen LogP contribution in [0.3, 0.4) is 0 Å². The van der Waals surface area contributed by atoms with Gasteiger partial charge in [-0.05, 0) is 35.7 Å². The molecular formula is C28H24N4O7. The fraction of sp³-hybridized carbons (Fsp3) is 0.179. The predicted octanol–water partition coefficient (Wildman–Crippen LogP) is 4.19. The number of nitrogens with zero attached hydrogens (tertiary/aromatic N) is 4. The molecule has 0 amide bonds. The van der Waals surface area contributed by atoms with E-state index in [-0.39, 0.29) is 18.1 Å². The van der Waals surface area contributed by atoms with Crippen molar-refractivity contribution in [3.05, 3.63) is 88.4 Å². The van der Waals surface area contributed by atoms with Crippen molar-refractivity contribution in [3.63, 3.8) is 0 Å². The predicted molar refractivity (Wildman–Crippen MR) is 140 cm³/mol. The summed E-state index contributed by atoms with van der Waals surface area (Å²) in [7, 11) is 0. The number of imidazole rings is 1. The summed E-state index contributed by atoms with van der Waals surface area (Å²) in [6.07, 6.45) is 0. The average molecular weight is 529 g/mol. The van der Waals surface area contributed by atoms with Crippen LogP contribution in [-0.2, 0) is 22.8 Å². The minimum absolute atomic E-state index is 0.143. The van der Waals surface area contributed by atoms with Crippen LogP contribution < -0.4 is 10.5 Å². The van der Waals surface area contributed by atoms with E-state index in [1.807, 2.05) is 49.4 Å². The lowest BCUT2D eigenvalue weighted by Gasteiger charge is -2.12. The van der Waals surface area contributed by atoms with Crippen molar-refractivity contribution in [2.45, 2.75) is 27.1 Å². The van der Waals surface area contributed by atoms with Gasteiger partial charge in [-0.15, -0.1) is 0 Å². The highest BCUT2D eigenvalue weighted by Gasteiger charge is 2.20. The monoisotopic (exact) mass is 528 g/mol. The van der Waals surface area contributed by atoms with Gasteiger partial charge < -0.3 is 14.6 Å². The molecule has 0 fully saturated rings. The highest BCUT2D eigenvalue weighted by molar-refractivity contribution is 6.01. The van der Waals surface area contributed by atoms with Crippen LogP contribution in [0.15, 0.2) is 76.0 Å². The number of carbonyl (C=O) groups is 2. The Morgan fingerprint density at radius 2 is 1.72 bits per heavy atom. The number of carboxylic acid groups (broad SMARTS) is 1. The van der Waals surface area contributed by atoms with Crippen LogP contribution in [-0.4, -0.2) is 42.9 Å². The Morgan fingerprint density at radius 1 is 0.974 bits per heavy atom. The van der Waals surface area contributed by atoms with Crippen LogP contribution in [0, 0.1) is 0 Å². The van der Waals surface area contributed by atoms with E-state index in [0.29, 0.717) is 35.8 Å². The summed E-state index contributed by atoms with van der Waals surface area (Å²) in [4.78, 5) is 39.9. The van der Waals surface area contributed by atoms with Crippen LogP contribution in [0.5, 0.6) is 6.01 Å². The average Bonchev–Trinajstić information content (AvgIpc) is 3.47. The maximum atomic E-state index is 12.2. The Labute approximate surface area is 221 Å². The first-order valence-electron chi connectivity index (χ1n) is 12.1. The second-order valence-corrected chi connectivity index (χ2v) is 8.60. The molecule has 0 atom stereocenters. The SMILES string of the molecule is CCOc1nc2cccc(C(=O)O)c2n1Cc1ccc(-c2ccccc2-c2noc(=O)n2COC(C)=O)cc1. The third-order valence-electron chi connectivity index (χ3n) is 6.09. The maximum absolute atomic E-state index is 12.2. The third kappa shape index (κ3) is 5.01. The molecule has 0 saturated carbocycles. The zero-order valence-corrected chi connectivity index (χ0v) is 21.2. The minimum Gasteiger partial charge on any atom is -0.478 e. The summed E-state index contributed by atoms with van der Waals surface area (Å²) in [5.74, 6) is -2.09. The standard InChI is InChI=1S/C28H24N4O7/c1-3-37-27-29-23-10-6-9-22(26(34)35)24(23)31(27)15-18-11-13-19(14-12-18)20-7-4-5-8-21(20)25-30-39-28(36)32(25)16-38-17(2)33/h4-14H,3,15-16H2,1-2H3,(H,34,35). The molecule has 0 spiro atoms. The van der Waals surface area contributed by atoms with Crippen LogP contribution >= 0.6 is 0 Å². The number of esters is 1. The normalized spacial score (nSPS) is 11.0. The lowest BCUT2D eigenvalue weighted by atomic mass is 9.98. The van der Waals surface area contributed by atoms with Crippen molar-refractivity contribution in [3.8, 4) is 28.5 Å². The molecule has 0 aliphatic rings. The number of aromatic nitrogens is 4. The Bertz CT molecular complexity index is 1730. The number of hydrogen-bond donors (Lipinski definition) is 1. The molecule has 11 nitrogen and oxygen atoms in total. The van der Waals surface area contributed by atoms with E-state index < -0.39 is 17.7 Å². The number of aromatic carboxylic acids is 1. The summed E-state index contributed by atoms with van der Waals surface area (Å²) >= 11 is 0. The molecule has 0 aliphatic heterocycles. The van der Waals surface area contributed by atoms with Gasteiger partial charge >= 0.3 is 17.7 Å². The van der Waals surface area contributed by atoms with Gasteiger partial charge in [-0.25, -0.2) is 14.2 Å². The van der Waals surface area contributed by atoms with Gasteiger partial charge in [0.1, 0.15) is 0 Å². The lowest BCUT2D eigenvalue weighted by molar-refractivity contribution is -0.144. The molecule has 0 bridgehead atoms. The third-order valence-corrected chi connectivity index (χ3v) is 6.09. The Morgan fingerprint density at radius 3 is 2.41 bits per heavy atom. The van der Waals surface area contributed by atoms with Crippen LogP contribution in [0.4, 0.5) is 0 Å². The summed E-state index contributed by atoms with van der Waals surface area (Å²) in [6.45, 7) is 3.49. The van der Waals surface area contributed by atoms with Crippen molar-refractivity contribution in [1.82, 2.24) is 19.3 Å². The van der Waals surface area contributed by atoms with Crippen LogP contribution in [0.1, 0.15) is 29.8 Å². The first-order valence-corrected chi connectivity index (χ1v) is 12.1. The number of para-hydroxylation sites is 1. The van der Waals surface area contributed by atoms with Crippen molar-refractivity contribution in [2.75, 3.05) is 6.61 Å². The highest BCUT2D eigenvalue weighted by Crippen LogP contribution is 2.32. The molecule has 0 aliphatic carbocycles. The van der Waals surface area contributed by atoms with E-state index in [2.05, 4.69) is 10.1 Å². The van der Waals surface area contributed by atoms with E-state index in [9.17, 15) is 19.5 Å². The first-order chi connectivity index (χ1) is 18.9. The molecule has 1 N–H and O–H groups in total. The van der Waals surface area contributed by atoms with Gasteiger partial charge in [-0.1, -0.05) is 59.8 Å². The zero-order valence-electron chi connectivity index (χ0n) is 21.2. The molecule has 0 unspecified atom stereocenters. The zero-order chi connectivity index (χ0) is 27.5. The highest BCUT2D eigenvalue weighted by atomic mass is 16.6. The van der Waals surface area contributed by atoms with E-state index in [1.54, 1.807) is 28.8 Å². The molecule has 5 rings (SSSR count). The van der Waals surface area contributed by atoms with Gasteiger partial charge in [0.2, 0.25) is 0 Å². The van der Waals surface area contributed by atoms with Gasteiger partial charge in [0.15, 0.2) is 12.6 Å².